The predicted molar refractivity (Wildman–Crippen MR) is 143 cm³/mol. The van der Waals surface area contributed by atoms with Crippen LogP contribution >= 0.6 is 11.8 Å². The number of aromatic nitrogens is 2. The highest BCUT2D eigenvalue weighted by Crippen LogP contribution is 2.36. The molecule has 2 aromatic carbocycles. The fourth-order valence-corrected chi connectivity index (χ4v) is 6.00. The summed E-state index contributed by atoms with van der Waals surface area (Å²) in [6, 6.07) is 11.3. The average Bonchev–Trinajstić information content (AvgIpc) is 3.50. The lowest BCUT2D eigenvalue weighted by molar-refractivity contribution is -0.113. The Morgan fingerprint density at radius 1 is 1.18 bits per heavy atom. The van der Waals surface area contributed by atoms with Crippen molar-refractivity contribution in [3.8, 4) is 11.6 Å². The van der Waals surface area contributed by atoms with Gasteiger partial charge in [-0.05, 0) is 36.4 Å². The predicted octanol–water partition coefficient (Wildman–Crippen LogP) is 2.49. The van der Waals surface area contributed by atoms with Crippen molar-refractivity contribution in [2.45, 2.75) is 29.6 Å². The third-order valence-electron chi connectivity index (χ3n) is 7.07. The monoisotopic (exact) mass is 536 g/mol. The molecule has 11 nitrogen and oxygen atoms in total. The highest BCUT2D eigenvalue weighted by molar-refractivity contribution is 8.00. The van der Waals surface area contributed by atoms with E-state index in [1.165, 1.54) is 18.1 Å². The second kappa shape index (κ2) is 10.3. The van der Waals surface area contributed by atoms with Crippen LogP contribution in [0.15, 0.2) is 47.6 Å². The van der Waals surface area contributed by atoms with Gasteiger partial charge in [-0.15, -0.1) is 11.8 Å². The van der Waals surface area contributed by atoms with Crippen LogP contribution in [0.4, 0.5) is 16.2 Å². The summed E-state index contributed by atoms with van der Waals surface area (Å²) in [5.41, 5.74) is 8.30. The molecule has 0 aliphatic carbocycles. The number of rotatable bonds is 7. The Morgan fingerprint density at radius 3 is 2.92 bits per heavy atom. The molecule has 3 atom stereocenters. The summed E-state index contributed by atoms with van der Waals surface area (Å²) in [4.78, 5) is 38.0. The topological polar surface area (TPSA) is 132 Å². The van der Waals surface area contributed by atoms with Crippen LogP contribution in [0.5, 0.6) is 11.6 Å². The first-order valence-corrected chi connectivity index (χ1v) is 13.4. The molecule has 3 aromatic rings. The molecule has 1 unspecified atom stereocenters. The van der Waals surface area contributed by atoms with Crippen molar-refractivity contribution >= 4 is 46.0 Å². The van der Waals surface area contributed by atoms with Crippen LogP contribution in [0.2, 0.25) is 0 Å². The number of carbonyl (C=O) groups is 2. The molecular weight excluding hydrogens is 508 g/mol. The van der Waals surface area contributed by atoms with Gasteiger partial charge in [0.05, 0.1) is 36.0 Å². The van der Waals surface area contributed by atoms with Gasteiger partial charge in [0.25, 0.3) is 0 Å². The highest BCUT2D eigenvalue weighted by Gasteiger charge is 2.39. The van der Waals surface area contributed by atoms with Crippen LogP contribution < -0.4 is 25.4 Å². The standard InChI is InChI=1S/C26H28N6O5S/c1-35-17-3-4-21-20(8-17)25(29-14-28-21)36-18-6-16(9-27)31(10-18)11-19-12-32(26(34)37-19)15-2-5-23-22(7-15)30-24(33)13-38-23/h2-5,7-8,14,16,18-19H,6,9-13,27H2,1H3,(H,30,33)/t16-,18-,19?/m0/s1. The first-order chi connectivity index (χ1) is 18.5. The molecule has 0 radical (unpaired) electrons. The fourth-order valence-electron chi connectivity index (χ4n) is 5.21. The van der Waals surface area contributed by atoms with E-state index in [-0.39, 0.29) is 24.2 Å². The molecule has 3 N–H and O–H groups in total. The quantitative estimate of drug-likeness (QED) is 0.464. The fraction of sp³-hybridized carbons (Fsp3) is 0.385. The number of methoxy groups -OCH3 is 1. The zero-order chi connectivity index (χ0) is 26.2. The zero-order valence-electron chi connectivity index (χ0n) is 20.8. The molecule has 198 valence electrons. The van der Waals surface area contributed by atoms with Gasteiger partial charge in [-0.1, -0.05) is 0 Å². The van der Waals surface area contributed by atoms with Gasteiger partial charge in [0, 0.05) is 42.7 Å². The molecule has 38 heavy (non-hydrogen) atoms. The molecule has 6 rings (SSSR count). The van der Waals surface area contributed by atoms with Gasteiger partial charge in [0.1, 0.15) is 24.3 Å². The van der Waals surface area contributed by atoms with Gasteiger partial charge in [0.15, 0.2) is 0 Å². The number of hydrogen-bond acceptors (Lipinski definition) is 10. The molecule has 2 amide bonds. The van der Waals surface area contributed by atoms with Crippen molar-refractivity contribution in [3.05, 3.63) is 42.7 Å². The van der Waals surface area contributed by atoms with Crippen LogP contribution in [0.1, 0.15) is 6.42 Å². The van der Waals surface area contributed by atoms with Crippen molar-refractivity contribution < 1.29 is 23.8 Å². The molecule has 2 fully saturated rings. The smallest absolute Gasteiger partial charge is 0.414 e. The van der Waals surface area contributed by atoms with E-state index >= 15 is 0 Å². The molecule has 0 bridgehead atoms. The largest absolute Gasteiger partial charge is 0.497 e. The summed E-state index contributed by atoms with van der Waals surface area (Å²) < 4.78 is 17.4. The van der Waals surface area contributed by atoms with Gasteiger partial charge in [-0.2, -0.15) is 0 Å². The summed E-state index contributed by atoms with van der Waals surface area (Å²) in [6.45, 7) is 2.05. The Kier molecular flexibility index (Phi) is 6.68. The maximum absolute atomic E-state index is 12.7. The minimum atomic E-state index is -0.401. The van der Waals surface area contributed by atoms with E-state index in [9.17, 15) is 9.59 Å². The molecule has 1 aromatic heterocycles. The number of nitrogens with zero attached hydrogens (tertiary/aromatic N) is 4. The first kappa shape index (κ1) is 24.7. The Balaban J connectivity index is 1.12. The third-order valence-corrected chi connectivity index (χ3v) is 8.14. The number of cyclic esters (lactones) is 1. The number of anilines is 2. The van der Waals surface area contributed by atoms with E-state index in [1.807, 2.05) is 36.4 Å². The number of thioether (sulfide) groups is 1. The SMILES string of the molecule is COc1ccc2ncnc(O[C@H]3C[C@@H](CN)N(CC4CN(c5ccc6c(c5)NC(=O)CS6)C(=O)O4)C3)c2c1. The highest BCUT2D eigenvalue weighted by atomic mass is 32.2. The Morgan fingerprint density at radius 2 is 2.08 bits per heavy atom. The molecule has 4 heterocycles. The maximum atomic E-state index is 12.7. The van der Waals surface area contributed by atoms with Crippen LogP contribution in [0, 0.1) is 0 Å². The molecule has 12 heteroatoms. The molecule has 3 aliphatic rings. The van der Waals surface area contributed by atoms with Crippen molar-refractivity contribution in [2.24, 2.45) is 5.73 Å². The summed E-state index contributed by atoms with van der Waals surface area (Å²) in [5, 5.41) is 3.66. The van der Waals surface area contributed by atoms with Crippen molar-refractivity contribution in [1.29, 1.82) is 0 Å². The number of ether oxygens (including phenoxy) is 3. The number of fused-ring (bicyclic) bond motifs is 2. The number of hydrogen-bond donors (Lipinski definition) is 2. The van der Waals surface area contributed by atoms with E-state index in [1.54, 1.807) is 12.0 Å². The zero-order valence-corrected chi connectivity index (χ0v) is 21.6. The summed E-state index contributed by atoms with van der Waals surface area (Å²) in [5.74, 6) is 1.56. The van der Waals surface area contributed by atoms with Gasteiger partial charge < -0.3 is 25.3 Å². The van der Waals surface area contributed by atoms with E-state index in [4.69, 9.17) is 19.9 Å². The Labute approximate surface area is 223 Å². The number of carbonyl (C=O) groups excluding carboxylic acids is 2. The lowest BCUT2D eigenvalue weighted by atomic mass is 10.2. The summed E-state index contributed by atoms with van der Waals surface area (Å²) >= 11 is 1.49. The number of benzene rings is 2. The van der Waals surface area contributed by atoms with Gasteiger partial charge in [-0.25, -0.2) is 14.8 Å². The number of likely N-dealkylation sites (tertiary alicyclic amines) is 1. The van der Waals surface area contributed by atoms with Crippen molar-refractivity contribution in [3.63, 3.8) is 0 Å². The lowest BCUT2D eigenvalue weighted by Crippen LogP contribution is -2.41. The number of amides is 2. The number of nitrogens with one attached hydrogen (secondary N) is 1. The first-order valence-electron chi connectivity index (χ1n) is 12.4. The lowest BCUT2D eigenvalue weighted by Gasteiger charge is -2.25. The van der Waals surface area contributed by atoms with Crippen molar-refractivity contribution in [1.82, 2.24) is 14.9 Å². The van der Waals surface area contributed by atoms with E-state index in [0.717, 1.165) is 27.9 Å². The molecule has 0 saturated carbocycles. The van der Waals surface area contributed by atoms with Crippen LogP contribution in [-0.4, -0.2) is 84.2 Å². The average molecular weight is 537 g/mol. The minimum absolute atomic E-state index is 0.0470. The van der Waals surface area contributed by atoms with Crippen LogP contribution in [0.25, 0.3) is 10.9 Å². The van der Waals surface area contributed by atoms with E-state index in [0.29, 0.717) is 49.2 Å². The van der Waals surface area contributed by atoms with Crippen molar-refractivity contribution in [2.75, 3.05) is 49.3 Å². The summed E-state index contributed by atoms with van der Waals surface area (Å²) in [6.07, 6.45) is 1.39. The number of nitrogens with two attached hydrogens (primary N) is 1. The second-order valence-electron chi connectivity index (χ2n) is 9.51. The van der Waals surface area contributed by atoms with Crippen LogP contribution in [0.3, 0.4) is 0 Å². The maximum Gasteiger partial charge on any atom is 0.414 e. The molecule has 0 spiro atoms. The molecule has 3 aliphatic heterocycles. The molecule has 2 saturated heterocycles. The Hall–Kier alpha value is -3.61. The van der Waals surface area contributed by atoms with Gasteiger partial charge >= 0.3 is 6.09 Å². The molecular formula is C26H28N6O5S. The second-order valence-corrected chi connectivity index (χ2v) is 10.5. The van der Waals surface area contributed by atoms with Gasteiger partial charge in [-0.3, -0.25) is 14.6 Å². The van der Waals surface area contributed by atoms with Crippen LogP contribution in [-0.2, 0) is 9.53 Å². The minimum Gasteiger partial charge on any atom is -0.497 e. The van der Waals surface area contributed by atoms with E-state index in [2.05, 4.69) is 20.2 Å². The summed E-state index contributed by atoms with van der Waals surface area (Å²) in [7, 11) is 1.62. The third kappa shape index (κ3) is 4.82. The van der Waals surface area contributed by atoms with Gasteiger partial charge in [0.2, 0.25) is 11.8 Å². The Bertz CT molecular complexity index is 1390. The van der Waals surface area contributed by atoms with E-state index < -0.39 is 6.09 Å². The normalized spacial score (nSPS) is 23.3.